The molecule has 3 nitrogen and oxygen atoms in total. The van der Waals surface area contributed by atoms with E-state index in [2.05, 4.69) is 6.92 Å². The third kappa shape index (κ3) is 3.39. The summed E-state index contributed by atoms with van der Waals surface area (Å²) < 4.78 is 0. The average molecular weight is 309 g/mol. The van der Waals surface area contributed by atoms with Crippen LogP contribution in [0.3, 0.4) is 0 Å². The summed E-state index contributed by atoms with van der Waals surface area (Å²) in [6.45, 7) is 5.69. The molecule has 1 saturated heterocycles. The van der Waals surface area contributed by atoms with Crippen LogP contribution in [-0.4, -0.2) is 29.0 Å². The van der Waals surface area contributed by atoms with Gasteiger partial charge in [0.15, 0.2) is 0 Å². The number of carbonyl (C=O) groups is 1. The van der Waals surface area contributed by atoms with Crippen molar-refractivity contribution in [3.8, 4) is 5.75 Å². The van der Waals surface area contributed by atoms with Crippen molar-refractivity contribution in [2.75, 3.05) is 13.1 Å². The summed E-state index contributed by atoms with van der Waals surface area (Å²) in [5, 5.41) is 9.38. The van der Waals surface area contributed by atoms with Gasteiger partial charge in [0.05, 0.1) is 0 Å². The van der Waals surface area contributed by atoms with E-state index in [1.54, 1.807) is 12.1 Å². The first-order chi connectivity index (χ1) is 11.0. The molecule has 0 bridgehead atoms. The van der Waals surface area contributed by atoms with Gasteiger partial charge in [-0.05, 0) is 73.6 Å². The number of aromatic hydroxyl groups is 1. The minimum Gasteiger partial charge on any atom is -0.508 e. The number of likely N-dealkylation sites (tertiary alicyclic amines) is 1. The van der Waals surface area contributed by atoms with Crippen LogP contribution in [0.1, 0.15) is 45.8 Å². The van der Waals surface area contributed by atoms with E-state index in [0.717, 1.165) is 37.1 Å². The van der Waals surface area contributed by atoms with Crippen LogP contribution in [0.25, 0.3) is 0 Å². The van der Waals surface area contributed by atoms with Crippen LogP contribution in [0.15, 0.2) is 42.5 Å². The molecule has 1 heterocycles. The van der Waals surface area contributed by atoms with E-state index in [0.29, 0.717) is 11.7 Å². The maximum atomic E-state index is 12.6. The fourth-order valence-electron chi connectivity index (χ4n) is 3.22. The fourth-order valence-corrected chi connectivity index (χ4v) is 3.22. The van der Waals surface area contributed by atoms with Crippen molar-refractivity contribution >= 4 is 5.91 Å². The van der Waals surface area contributed by atoms with Gasteiger partial charge in [-0.1, -0.05) is 18.2 Å². The van der Waals surface area contributed by atoms with Gasteiger partial charge in [-0.3, -0.25) is 4.79 Å². The number of piperidine rings is 1. The summed E-state index contributed by atoms with van der Waals surface area (Å²) in [4.78, 5) is 14.6. The standard InChI is InChI=1S/C20H23NO2/c1-14-3-4-18(13-15(14)2)20(23)21-11-9-17(10-12-21)16-5-7-19(22)8-6-16/h3-8,13,17,22H,9-12H2,1-2H3. The number of carbonyl (C=O) groups excluding carboxylic acids is 1. The number of hydrogen-bond donors (Lipinski definition) is 1. The van der Waals surface area contributed by atoms with Crippen molar-refractivity contribution in [3.05, 3.63) is 64.7 Å². The number of benzene rings is 2. The Morgan fingerprint density at radius 3 is 2.26 bits per heavy atom. The Morgan fingerprint density at radius 2 is 1.65 bits per heavy atom. The molecule has 0 unspecified atom stereocenters. The summed E-state index contributed by atoms with van der Waals surface area (Å²) in [6, 6.07) is 13.4. The zero-order valence-corrected chi connectivity index (χ0v) is 13.7. The van der Waals surface area contributed by atoms with E-state index >= 15 is 0 Å². The molecule has 120 valence electrons. The highest BCUT2D eigenvalue weighted by molar-refractivity contribution is 5.94. The van der Waals surface area contributed by atoms with Crippen molar-refractivity contribution in [3.63, 3.8) is 0 Å². The Balaban J connectivity index is 1.65. The zero-order chi connectivity index (χ0) is 16.4. The van der Waals surface area contributed by atoms with Gasteiger partial charge in [-0.25, -0.2) is 0 Å². The highest BCUT2D eigenvalue weighted by Crippen LogP contribution is 2.29. The molecule has 0 saturated carbocycles. The van der Waals surface area contributed by atoms with Gasteiger partial charge >= 0.3 is 0 Å². The molecule has 0 aliphatic carbocycles. The number of phenolic OH excluding ortho intramolecular Hbond substituents is 1. The highest BCUT2D eigenvalue weighted by Gasteiger charge is 2.24. The Kier molecular flexibility index (Phi) is 4.37. The van der Waals surface area contributed by atoms with Gasteiger partial charge in [-0.15, -0.1) is 0 Å². The van der Waals surface area contributed by atoms with Crippen LogP contribution in [0, 0.1) is 13.8 Å². The Morgan fingerprint density at radius 1 is 1.00 bits per heavy atom. The lowest BCUT2D eigenvalue weighted by atomic mass is 9.89. The average Bonchev–Trinajstić information content (AvgIpc) is 2.57. The topological polar surface area (TPSA) is 40.5 Å². The normalized spacial score (nSPS) is 15.7. The molecule has 1 aliphatic heterocycles. The van der Waals surface area contributed by atoms with Gasteiger partial charge in [0.1, 0.15) is 5.75 Å². The molecule has 1 aliphatic rings. The van der Waals surface area contributed by atoms with Crippen molar-refractivity contribution in [2.45, 2.75) is 32.6 Å². The summed E-state index contributed by atoms with van der Waals surface area (Å²) in [5.74, 6) is 0.910. The summed E-state index contributed by atoms with van der Waals surface area (Å²) in [5.41, 5.74) is 4.42. The lowest BCUT2D eigenvalue weighted by Gasteiger charge is -2.32. The van der Waals surface area contributed by atoms with Crippen LogP contribution in [0.2, 0.25) is 0 Å². The maximum Gasteiger partial charge on any atom is 0.253 e. The van der Waals surface area contributed by atoms with E-state index in [1.165, 1.54) is 11.1 Å². The molecule has 1 fully saturated rings. The van der Waals surface area contributed by atoms with Crippen molar-refractivity contribution in [2.24, 2.45) is 0 Å². The lowest BCUT2D eigenvalue weighted by Crippen LogP contribution is -2.37. The quantitative estimate of drug-likeness (QED) is 0.910. The van der Waals surface area contributed by atoms with E-state index in [4.69, 9.17) is 0 Å². The number of nitrogens with zero attached hydrogens (tertiary/aromatic N) is 1. The fraction of sp³-hybridized carbons (Fsp3) is 0.350. The van der Waals surface area contributed by atoms with Crippen molar-refractivity contribution in [1.82, 2.24) is 4.90 Å². The largest absolute Gasteiger partial charge is 0.508 e. The summed E-state index contributed by atoms with van der Waals surface area (Å²) in [7, 11) is 0. The van der Waals surface area contributed by atoms with Gasteiger partial charge in [0.25, 0.3) is 5.91 Å². The van der Waals surface area contributed by atoms with Crippen molar-refractivity contribution in [1.29, 1.82) is 0 Å². The Bertz CT molecular complexity index is 698. The second kappa shape index (κ2) is 6.45. The third-order valence-electron chi connectivity index (χ3n) is 4.90. The molecule has 0 atom stereocenters. The third-order valence-corrected chi connectivity index (χ3v) is 4.90. The number of hydrogen-bond acceptors (Lipinski definition) is 2. The maximum absolute atomic E-state index is 12.6. The van der Waals surface area contributed by atoms with Crippen LogP contribution in [0.5, 0.6) is 5.75 Å². The number of amides is 1. The highest BCUT2D eigenvalue weighted by atomic mass is 16.3. The second-order valence-electron chi connectivity index (χ2n) is 6.46. The predicted molar refractivity (Wildman–Crippen MR) is 91.9 cm³/mol. The van der Waals surface area contributed by atoms with Gasteiger partial charge < -0.3 is 10.0 Å². The molecule has 1 N–H and O–H groups in total. The minimum absolute atomic E-state index is 0.136. The summed E-state index contributed by atoms with van der Waals surface area (Å²) in [6.07, 6.45) is 1.95. The molecule has 0 aromatic heterocycles. The van der Waals surface area contributed by atoms with Gasteiger partial charge in [0, 0.05) is 18.7 Å². The first-order valence-corrected chi connectivity index (χ1v) is 8.20. The molecule has 23 heavy (non-hydrogen) atoms. The molecule has 3 heteroatoms. The molecular weight excluding hydrogens is 286 g/mol. The smallest absolute Gasteiger partial charge is 0.253 e. The zero-order valence-electron chi connectivity index (χ0n) is 13.7. The Hall–Kier alpha value is -2.29. The SMILES string of the molecule is Cc1ccc(C(=O)N2CCC(c3ccc(O)cc3)CC2)cc1C. The van der Waals surface area contributed by atoms with Gasteiger partial charge in [-0.2, -0.15) is 0 Å². The molecule has 2 aromatic rings. The van der Waals surface area contributed by atoms with E-state index in [9.17, 15) is 9.90 Å². The Labute approximate surface area is 137 Å². The molecule has 2 aromatic carbocycles. The number of phenols is 1. The molecule has 0 spiro atoms. The second-order valence-corrected chi connectivity index (χ2v) is 6.46. The van der Waals surface area contributed by atoms with Crippen LogP contribution in [-0.2, 0) is 0 Å². The first kappa shape index (κ1) is 15.6. The monoisotopic (exact) mass is 309 g/mol. The molecule has 1 amide bonds. The van der Waals surface area contributed by atoms with E-state index in [-0.39, 0.29) is 5.91 Å². The lowest BCUT2D eigenvalue weighted by molar-refractivity contribution is 0.0713. The molecule has 0 radical (unpaired) electrons. The number of rotatable bonds is 2. The van der Waals surface area contributed by atoms with E-state index in [1.807, 2.05) is 42.2 Å². The molecule has 3 rings (SSSR count). The van der Waals surface area contributed by atoms with Crippen LogP contribution < -0.4 is 0 Å². The minimum atomic E-state index is 0.136. The first-order valence-electron chi connectivity index (χ1n) is 8.20. The molecular formula is C20H23NO2. The predicted octanol–water partition coefficient (Wildman–Crippen LogP) is 4.03. The van der Waals surface area contributed by atoms with Crippen molar-refractivity contribution < 1.29 is 9.90 Å². The number of aryl methyl sites for hydroxylation is 2. The van der Waals surface area contributed by atoms with Crippen LogP contribution >= 0.6 is 0 Å². The summed E-state index contributed by atoms with van der Waals surface area (Å²) >= 11 is 0. The van der Waals surface area contributed by atoms with Gasteiger partial charge in [0.2, 0.25) is 0 Å². The van der Waals surface area contributed by atoms with Crippen LogP contribution in [0.4, 0.5) is 0 Å². The van der Waals surface area contributed by atoms with E-state index < -0.39 is 0 Å².